The zero-order valence-corrected chi connectivity index (χ0v) is 75.3. The molecule has 0 amide bonds. The number of hydrogen-bond acceptors (Lipinski definition) is 12. The van der Waals surface area contributed by atoms with Crippen LogP contribution >= 0.6 is 0 Å². The minimum Gasteiger partial charge on any atom is -0.469 e. The molecule has 0 aliphatic rings. The minimum atomic E-state index is -0.0916. The van der Waals surface area contributed by atoms with E-state index in [9.17, 15) is 28.8 Å². The van der Waals surface area contributed by atoms with Gasteiger partial charge in [0.1, 0.15) is 0 Å². The maximum absolute atomic E-state index is 10.9. The van der Waals surface area contributed by atoms with E-state index in [-0.39, 0.29) is 35.8 Å². The molecule has 0 aliphatic carbocycles. The van der Waals surface area contributed by atoms with Crippen LogP contribution in [-0.4, -0.2) is 78.5 Å². The summed E-state index contributed by atoms with van der Waals surface area (Å²) in [4.78, 5) is 65.2. The summed E-state index contributed by atoms with van der Waals surface area (Å²) in [5, 5.41) is 0. The van der Waals surface area contributed by atoms with Gasteiger partial charge in [-0.15, -0.1) is 13.2 Å². The second-order valence-corrected chi connectivity index (χ2v) is 30.4. The molecule has 0 aliphatic heterocycles. The van der Waals surface area contributed by atoms with E-state index < -0.39 is 0 Å². The third-order valence-electron chi connectivity index (χ3n) is 19.8. The Balaban J connectivity index is -0.000000300. The molecule has 0 fully saturated rings. The molecule has 0 saturated heterocycles. The predicted octanol–water partition coefficient (Wildman–Crippen LogP) is 31.3. The van der Waals surface area contributed by atoms with Gasteiger partial charge in [0.15, 0.2) is 0 Å². The summed E-state index contributed by atoms with van der Waals surface area (Å²) in [5.41, 5.74) is 0. The van der Waals surface area contributed by atoms with E-state index in [0.717, 1.165) is 89.9 Å². The molecule has 0 unspecified atom stereocenters. The average molecular weight is 1570 g/mol. The largest absolute Gasteiger partial charge is 0.469 e. The number of ether oxygens (including phenoxy) is 6. The molecular weight excluding hydrogens is 1380 g/mol. The van der Waals surface area contributed by atoms with Gasteiger partial charge in [-0.2, -0.15) is 0 Å². The van der Waals surface area contributed by atoms with Gasteiger partial charge in [0.2, 0.25) is 0 Å². The van der Waals surface area contributed by atoms with Crippen molar-refractivity contribution in [1.29, 1.82) is 0 Å². The minimum absolute atomic E-state index is 0.0651. The smallest absolute Gasteiger partial charge is 0.305 e. The van der Waals surface area contributed by atoms with Crippen LogP contribution in [-0.2, 0) is 57.2 Å². The Labute approximate surface area is 689 Å². The Kier molecular flexibility index (Phi) is 120. The molecule has 0 aromatic rings. The monoisotopic (exact) mass is 1570 g/mol. The van der Waals surface area contributed by atoms with Crippen molar-refractivity contribution in [2.24, 2.45) is 0 Å². The normalized spacial score (nSPS) is 10.8. The maximum Gasteiger partial charge on any atom is 0.305 e. The summed E-state index contributed by atoms with van der Waals surface area (Å²) in [6.07, 6.45) is 108. The molecule has 0 aromatic heterocycles. The summed E-state index contributed by atoms with van der Waals surface area (Å²) >= 11 is 0. The SMILES string of the molecule is C=CC/C=C\CCCCCCCC(=O)OC.C=CCCCCCCCC(=O)OC.CCCCC/C=C\C/C=C\CCCCCCCC(=O)OC.CCCCCCCC/C=C\CCCCCCCC(=O)OC.CCCCCCCCCCCCCCCC(=O)OC.CCCCCCCCCCCCCCCCCC(=O)OC. The Hall–Kier alpha value is -4.74. The summed E-state index contributed by atoms with van der Waals surface area (Å²) in [6, 6.07) is 0. The number of carbonyl (C=O) groups is 6. The number of unbranched alkanes of at least 4 members (excludes halogenated alkanes) is 55. The van der Waals surface area contributed by atoms with E-state index in [1.807, 2.05) is 12.2 Å². The molecule has 12 heteroatoms. The predicted molar refractivity (Wildman–Crippen MR) is 480 cm³/mol. The maximum atomic E-state index is 10.9. The fraction of sp³-hybridized carbons (Fsp3) is 0.818. The van der Waals surface area contributed by atoms with Gasteiger partial charge in [0.25, 0.3) is 0 Å². The lowest BCUT2D eigenvalue weighted by atomic mass is 10.0. The molecular formula is C99H186O12. The van der Waals surface area contributed by atoms with Crippen molar-refractivity contribution < 1.29 is 57.2 Å². The molecule has 0 rings (SSSR count). The fourth-order valence-electron chi connectivity index (χ4n) is 12.4. The molecule has 0 bridgehead atoms. The molecule has 0 N–H and O–H groups in total. The lowest BCUT2D eigenvalue weighted by molar-refractivity contribution is -0.141. The van der Waals surface area contributed by atoms with E-state index in [1.165, 1.54) is 370 Å². The Morgan fingerprint density at radius 2 is 0.324 bits per heavy atom. The standard InChI is InChI=1S/C19H38O2.C19H36O2.C19H34O2.C17H34O2.C14H24O2.C11H20O2/c3*1-3-4-5-6-7-8-9-10-11-12-13-14-15-16-17-18-19(20)21-2;1-3-4-5-6-7-8-9-10-11-12-13-14-15-16-17(18)19-2;1-3-4-5-6-7-8-9-10-11-12-13-14(15)16-2;1-3-4-5-6-7-8-9-10-11(12)13-2/h3-18H2,1-2H3;10-11H,3-9,12-18H2,1-2H3;7-8,10-11H,3-6,9,12-18H2,1-2H3;3-16H2,1-2H3;3,5-6H,1,4,7-13H2,2H3;3H,1,4-10H2,2H3/b;11-10-;8-7-,11-10-;;6-5-;. The van der Waals surface area contributed by atoms with Crippen molar-refractivity contribution >= 4 is 35.8 Å². The molecule has 111 heavy (non-hydrogen) atoms. The van der Waals surface area contributed by atoms with Crippen LogP contribution in [0.5, 0.6) is 0 Å². The van der Waals surface area contributed by atoms with Crippen LogP contribution in [0.2, 0.25) is 0 Å². The molecule has 654 valence electrons. The zero-order chi connectivity index (χ0) is 83.0. The van der Waals surface area contributed by atoms with Gasteiger partial charge in [-0.3, -0.25) is 28.8 Å². The summed E-state index contributed by atoms with van der Waals surface area (Å²) < 4.78 is 27.6. The number of esters is 6. The number of methoxy groups -OCH3 is 6. The second kappa shape index (κ2) is 114. The van der Waals surface area contributed by atoms with Crippen LogP contribution in [0.3, 0.4) is 0 Å². The van der Waals surface area contributed by atoms with Gasteiger partial charge in [0.05, 0.1) is 42.7 Å². The first-order chi connectivity index (χ1) is 54.3. The first-order valence-corrected chi connectivity index (χ1v) is 46.6. The van der Waals surface area contributed by atoms with Gasteiger partial charge in [-0.25, -0.2) is 0 Å². The molecule has 0 heterocycles. The van der Waals surface area contributed by atoms with Crippen LogP contribution in [0.4, 0.5) is 0 Å². The molecule has 0 atom stereocenters. The van der Waals surface area contributed by atoms with Crippen LogP contribution in [0, 0.1) is 0 Å². The number of allylic oxidation sites excluding steroid dienone is 10. The van der Waals surface area contributed by atoms with Crippen LogP contribution in [0.15, 0.2) is 73.9 Å². The number of rotatable bonds is 77. The summed E-state index contributed by atoms with van der Waals surface area (Å²) in [5.74, 6) is -0.473. The average Bonchev–Trinajstić information content (AvgIpc) is 2.84. The van der Waals surface area contributed by atoms with Gasteiger partial charge in [0, 0.05) is 38.5 Å². The first-order valence-electron chi connectivity index (χ1n) is 46.6. The second-order valence-electron chi connectivity index (χ2n) is 30.4. The van der Waals surface area contributed by atoms with Crippen molar-refractivity contribution in [3.8, 4) is 0 Å². The summed E-state index contributed by atoms with van der Waals surface area (Å²) in [7, 11) is 8.72. The molecule has 0 saturated carbocycles. The van der Waals surface area contributed by atoms with Gasteiger partial charge >= 0.3 is 35.8 Å². The Morgan fingerprint density at radius 1 is 0.180 bits per heavy atom. The van der Waals surface area contributed by atoms with Gasteiger partial charge in [-0.05, 0) is 128 Å². The van der Waals surface area contributed by atoms with E-state index >= 15 is 0 Å². The van der Waals surface area contributed by atoms with Gasteiger partial charge < -0.3 is 28.4 Å². The third kappa shape index (κ3) is 126. The van der Waals surface area contributed by atoms with Crippen molar-refractivity contribution in [3.05, 3.63) is 73.9 Å². The Morgan fingerprint density at radius 3 is 0.505 bits per heavy atom. The van der Waals surface area contributed by atoms with Crippen molar-refractivity contribution in [2.75, 3.05) is 42.7 Å². The number of hydrogen-bond donors (Lipinski definition) is 0. The highest BCUT2D eigenvalue weighted by molar-refractivity contribution is 5.70. The molecule has 0 radical (unpaired) electrons. The third-order valence-corrected chi connectivity index (χ3v) is 19.8. The van der Waals surface area contributed by atoms with Crippen LogP contribution in [0.25, 0.3) is 0 Å². The van der Waals surface area contributed by atoms with E-state index in [2.05, 4.69) is 118 Å². The fourth-order valence-corrected chi connectivity index (χ4v) is 12.4. The van der Waals surface area contributed by atoms with Crippen molar-refractivity contribution in [2.45, 2.75) is 484 Å². The highest BCUT2D eigenvalue weighted by Gasteiger charge is 2.05. The zero-order valence-electron chi connectivity index (χ0n) is 75.3. The van der Waals surface area contributed by atoms with E-state index in [4.69, 9.17) is 0 Å². The lowest BCUT2D eigenvalue weighted by Gasteiger charge is -2.03. The van der Waals surface area contributed by atoms with Gasteiger partial charge in [-0.1, -0.05) is 377 Å². The van der Waals surface area contributed by atoms with Crippen molar-refractivity contribution in [3.63, 3.8) is 0 Å². The van der Waals surface area contributed by atoms with E-state index in [1.54, 1.807) is 0 Å². The quantitative estimate of drug-likeness (QED) is 0.0246. The highest BCUT2D eigenvalue weighted by atomic mass is 16.5. The molecule has 12 nitrogen and oxygen atoms in total. The summed E-state index contributed by atoms with van der Waals surface area (Å²) in [6.45, 7) is 16.4. The van der Waals surface area contributed by atoms with Crippen molar-refractivity contribution in [1.82, 2.24) is 0 Å². The first kappa shape index (κ1) is 117. The topological polar surface area (TPSA) is 158 Å². The van der Waals surface area contributed by atoms with Crippen LogP contribution < -0.4 is 0 Å². The van der Waals surface area contributed by atoms with Crippen LogP contribution in [0.1, 0.15) is 484 Å². The van der Waals surface area contributed by atoms with E-state index in [0.29, 0.717) is 38.5 Å². The lowest BCUT2D eigenvalue weighted by Crippen LogP contribution is -1.99. The highest BCUT2D eigenvalue weighted by Crippen LogP contribution is 2.18. The molecule has 0 spiro atoms. The Bertz CT molecular complexity index is 1990. The molecule has 0 aromatic carbocycles. The number of carbonyl (C=O) groups excluding carboxylic acids is 6.